The fraction of sp³-hybridized carbons (Fsp3) is 0.273. The number of benzene rings is 1. The number of hydrogen-bond donors (Lipinski definition) is 1. The lowest BCUT2D eigenvalue weighted by atomic mass is 10.1. The molecule has 1 heterocycles. The standard InChI is InChI=1S/C11H12O4/c1-13-8-6-7-4-3-5-15-10(7)11(14-2)9(8)12/h3-4,6,12H,5H2,1-2H3. The largest absolute Gasteiger partial charge is 0.502 e. The van der Waals surface area contributed by atoms with Crippen molar-refractivity contribution in [2.75, 3.05) is 20.8 Å². The smallest absolute Gasteiger partial charge is 0.207 e. The van der Waals surface area contributed by atoms with E-state index in [-0.39, 0.29) is 5.75 Å². The Balaban J connectivity index is 2.64. The van der Waals surface area contributed by atoms with Crippen LogP contribution < -0.4 is 14.2 Å². The van der Waals surface area contributed by atoms with Crippen LogP contribution in [0, 0.1) is 0 Å². The van der Waals surface area contributed by atoms with Crippen LogP contribution in [0.15, 0.2) is 12.1 Å². The molecule has 4 nitrogen and oxygen atoms in total. The van der Waals surface area contributed by atoms with Crippen molar-refractivity contribution in [3.8, 4) is 23.0 Å². The van der Waals surface area contributed by atoms with Crippen molar-refractivity contribution in [1.82, 2.24) is 0 Å². The van der Waals surface area contributed by atoms with Crippen molar-refractivity contribution in [3.05, 3.63) is 17.7 Å². The van der Waals surface area contributed by atoms with E-state index in [1.165, 1.54) is 14.2 Å². The van der Waals surface area contributed by atoms with Crippen molar-refractivity contribution in [3.63, 3.8) is 0 Å². The highest BCUT2D eigenvalue weighted by Crippen LogP contribution is 2.47. The Labute approximate surface area is 87.7 Å². The molecule has 0 saturated carbocycles. The van der Waals surface area contributed by atoms with Gasteiger partial charge in [-0.2, -0.15) is 0 Å². The zero-order valence-corrected chi connectivity index (χ0v) is 8.61. The van der Waals surface area contributed by atoms with Gasteiger partial charge in [-0.15, -0.1) is 0 Å². The maximum absolute atomic E-state index is 9.79. The molecule has 1 N–H and O–H groups in total. The molecular weight excluding hydrogens is 196 g/mol. The van der Waals surface area contributed by atoms with Crippen molar-refractivity contribution in [1.29, 1.82) is 0 Å². The Morgan fingerprint density at radius 1 is 1.33 bits per heavy atom. The molecule has 0 aromatic heterocycles. The predicted molar refractivity (Wildman–Crippen MR) is 55.7 cm³/mol. The van der Waals surface area contributed by atoms with E-state index in [4.69, 9.17) is 14.2 Å². The van der Waals surface area contributed by atoms with Crippen LogP contribution in [0.3, 0.4) is 0 Å². The summed E-state index contributed by atoms with van der Waals surface area (Å²) in [5, 5.41) is 9.79. The van der Waals surface area contributed by atoms with Gasteiger partial charge in [0, 0.05) is 5.56 Å². The van der Waals surface area contributed by atoms with Gasteiger partial charge >= 0.3 is 0 Å². The molecule has 0 aliphatic carbocycles. The minimum atomic E-state index is -0.0333. The van der Waals surface area contributed by atoms with Crippen molar-refractivity contribution in [2.24, 2.45) is 0 Å². The number of phenols is 1. The summed E-state index contributed by atoms with van der Waals surface area (Å²) in [6.45, 7) is 0.481. The minimum absolute atomic E-state index is 0.0333. The molecule has 0 radical (unpaired) electrons. The van der Waals surface area contributed by atoms with Gasteiger partial charge in [0.25, 0.3) is 0 Å². The molecule has 0 bridgehead atoms. The maximum atomic E-state index is 9.79. The average molecular weight is 208 g/mol. The number of methoxy groups -OCH3 is 2. The van der Waals surface area contributed by atoms with Crippen LogP contribution in [0.5, 0.6) is 23.0 Å². The van der Waals surface area contributed by atoms with Gasteiger partial charge in [0.15, 0.2) is 11.5 Å². The number of phenolic OH excluding ortho intramolecular Hbond substituents is 1. The second-order valence-electron chi connectivity index (χ2n) is 3.09. The molecule has 1 aromatic carbocycles. The first-order valence-electron chi connectivity index (χ1n) is 4.55. The molecule has 0 amide bonds. The average Bonchev–Trinajstić information content (AvgIpc) is 2.28. The first-order chi connectivity index (χ1) is 7.27. The second kappa shape index (κ2) is 3.73. The van der Waals surface area contributed by atoms with E-state index in [1.54, 1.807) is 6.07 Å². The van der Waals surface area contributed by atoms with Gasteiger partial charge in [0.1, 0.15) is 6.61 Å². The molecule has 1 aromatic rings. The number of rotatable bonds is 2. The molecule has 0 atom stereocenters. The van der Waals surface area contributed by atoms with Crippen molar-refractivity contribution < 1.29 is 19.3 Å². The molecule has 0 spiro atoms. The summed E-state index contributed by atoms with van der Waals surface area (Å²) in [4.78, 5) is 0. The van der Waals surface area contributed by atoms with E-state index >= 15 is 0 Å². The molecule has 80 valence electrons. The molecule has 0 saturated heterocycles. The Morgan fingerprint density at radius 3 is 2.80 bits per heavy atom. The minimum Gasteiger partial charge on any atom is -0.502 e. The first-order valence-corrected chi connectivity index (χ1v) is 4.55. The van der Waals surface area contributed by atoms with Gasteiger partial charge in [0.05, 0.1) is 14.2 Å². The van der Waals surface area contributed by atoms with Gasteiger partial charge in [-0.3, -0.25) is 0 Å². The molecule has 1 aliphatic heterocycles. The summed E-state index contributed by atoms with van der Waals surface area (Å²) in [7, 11) is 2.98. The summed E-state index contributed by atoms with van der Waals surface area (Å²) in [6, 6.07) is 1.71. The lowest BCUT2D eigenvalue weighted by molar-refractivity contribution is 0.299. The summed E-state index contributed by atoms with van der Waals surface area (Å²) < 4.78 is 15.5. The third-order valence-corrected chi connectivity index (χ3v) is 2.25. The Kier molecular flexibility index (Phi) is 2.41. The molecule has 15 heavy (non-hydrogen) atoms. The third kappa shape index (κ3) is 1.48. The van der Waals surface area contributed by atoms with Crippen LogP contribution in [0.4, 0.5) is 0 Å². The molecule has 2 rings (SSSR count). The van der Waals surface area contributed by atoms with Gasteiger partial charge < -0.3 is 19.3 Å². The SMILES string of the molecule is COc1cc2c(c(OC)c1O)OCC=C2. The number of fused-ring (bicyclic) bond motifs is 1. The fourth-order valence-electron chi connectivity index (χ4n) is 1.55. The monoisotopic (exact) mass is 208 g/mol. The molecule has 0 unspecified atom stereocenters. The summed E-state index contributed by atoms with van der Waals surface area (Å²) in [5.74, 6) is 1.21. The number of hydrogen-bond acceptors (Lipinski definition) is 4. The van der Waals surface area contributed by atoms with Crippen LogP contribution in [-0.2, 0) is 0 Å². The highest BCUT2D eigenvalue weighted by Gasteiger charge is 2.20. The Morgan fingerprint density at radius 2 is 2.13 bits per heavy atom. The fourth-order valence-corrected chi connectivity index (χ4v) is 1.55. The third-order valence-electron chi connectivity index (χ3n) is 2.25. The van der Waals surface area contributed by atoms with Crippen molar-refractivity contribution >= 4 is 6.08 Å². The highest BCUT2D eigenvalue weighted by atomic mass is 16.5. The van der Waals surface area contributed by atoms with Crippen LogP contribution in [0.2, 0.25) is 0 Å². The normalized spacial score (nSPS) is 12.9. The maximum Gasteiger partial charge on any atom is 0.207 e. The van der Waals surface area contributed by atoms with E-state index < -0.39 is 0 Å². The summed E-state index contributed by atoms with van der Waals surface area (Å²) in [6.07, 6.45) is 3.79. The Hall–Kier alpha value is -1.84. The van der Waals surface area contributed by atoms with Crippen molar-refractivity contribution in [2.45, 2.75) is 0 Å². The highest BCUT2D eigenvalue weighted by molar-refractivity contribution is 5.71. The van der Waals surface area contributed by atoms with Crippen LogP contribution in [0.25, 0.3) is 6.08 Å². The lowest BCUT2D eigenvalue weighted by Crippen LogP contribution is -2.03. The predicted octanol–water partition coefficient (Wildman–Crippen LogP) is 1.81. The molecule has 0 fully saturated rings. The van der Waals surface area contributed by atoms with Gasteiger partial charge in [0.2, 0.25) is 11.5 Å². The quantitative estimate of drug-likeness (QED) is 0.805. The summed E-state index contributed by atoms with van der Waals surface area (Å²) in [5.41, 5.74) is 0.841. The van der Waals surface area contributed by atoms with Gasteiger partial charge in [-0.1, -0.05) is 6.08 Å². The lowest BCUT2D eigenvalue weighted by Gasteiger charge is -2.18. The molecule has 4 heteroatoms. The first kappa shape index (κ1) is 9.71. The van der Waals surface area contributed by atoms with Gasteiger partial charge in [-0.05, 0) is 12.1 Å². The number of ether oxygens (including phenoxy) is 3. The van der Waals surface area contributed by atoms with Crippen LogP contribution in [0.1, 0.15) is 5.56 Å². The van der Waals surface area contributed by atoms with E-state index in [9.17, 15) is 5.11 Å². The van der Waals surface area contributed by atoms with Gasteiger partial charge in [-0.25, -0.2) is 0 Å². The molecule has 1 aliphatic rings. The van der Waals surface area contributed by atoms with Crippen LogP contribution >= 0.6 is 0 Å². The molecular formula is C11H12O4. The van der Waals surface area contributed by atoms with E-state index in [1.807, 2.05) is 12.2 Å². The zero-order valence-electron chi connectivity index (χ0n) is 8.61. The summed E-state index contributed by atoms with van der Waals surface area (Å²) >= 11 is 0. The number of aromatic hydroxyl groups is 1. The second-order valence-corrected chi connectivity index (χ2v) is 3.09. The van der Waals surface area contributed by atoms with E-state index in [0.29, 0.717) is 23.9 Å². The van der Waals surface area contributed by atoms with E-state index in [2.05, 4.69) is 0 Å². The topological polar surface area (TPSA) is 47.9 Å². The Bertz CT molecular complexity index is 410. The van der Waals surface area contributed by atoms with E-state index in [0.717, 1.165) is 5.56 Å². The van der Waals surface area contributed by atoms with Crippen LogP contribution in [-0.4, -0.2) is 25.9 Å². The zero-order chi connectivity index (χ0) is 10.8.